The second-order valence-electron chi connectivity index (χ2n) is 17.4. The SMILES string of the molecule is CC/C=C\C/C=C\C/C=C\C/C=C\CCCCC(=O)O[C@@H](COC(=O)CCCCCCC/C=C\CCCC)COC(=O)CCCCCCCCCCC/C=C\CCCCCCCC. The minimum atomic E-state index is -0.800. The van der Waals surface area contributed by atoms with E-state index in [1.807, 2.05) is 0 Å². The van der Waals surface area contributed by atoms with Crippen molar-refractivity contribution in [1.29, 1.82) is 0 Å². The van der Waals surface area contributed by atoms with Crippen molar-refractivity contribution in [1.82, 2.24) is 0 Å². The third-order valence-electron chi connectivity index (χ3n) is 11.2. The van der Waals surface area contributed by atoms with Crippen molar-refractivity contribution in [3.63, 3.8) is 0 Å². The van der Waals surface area contributed by atoms with Crippen LogP contribution in [-0.2, 0) is 28.6 Å². The molecule has 0 bridgehead atoms. The molecule has 0 aromatic heterocycles. The third-order valence-corrected chi connectivity index (χ3v) is 11.2. The zero-order valence-electron chi connectivity index (χ0n) is 41.3. The molecule has 0 spiro atoms. The second-order valence-corrected chi connectivity index (χ2v) is 17.4. The Morgan fingerprint density at radius 1 is 0.333 bits per heavy atom. The van der Waals surface area contributed by atoms with Gasteiger partial charge in [-0.1, -0.05) is 203 Å². The summed E-state index contributed by atoms with van der Waals surface area (Å²) in [4.78, 5) is 38.0. The van der Waals surface area contributed by atoms with E-state index in [2.05, 4.69) is 93.7 Å². The van der Waals surface area contributed by atoms with E-state index < -0.39 is 6.10 Å². The Balaban J connectivity index is 4.39. The van der Waals surface area contributed by atoms with E-state index in [1.165, 1.54) is 116 Å². The first kappa shape index (κ1) is 59.9. The Labute approximate surface area is 389 Å². The van der Waals surface area contributed by atoms with Crippen molar-refractivity contribution in [2.24, 2.45) is 0 Å². The molecule has 362 valence electrons. The molecule has 6 nitrogen and oxygen atoms in total. The first-order valence-electron chi connectivity index (χ1n) is 26.4. The van der Waals surface area contributed by atoms with Crippen molar-refractivity contribution in [2.45, 2.75) is 258 Å². The third kappa shape index (κ3) is 49.7. The monoisotopic (exact) mass is 879 g/mol. The highest BCUT2D eigenvalue weighted by atomic mass is 16.6. The molecule has 0 saturated carbocycles. The average Bonchev–Trinajstić information content (AvgIpc) is 3.28. The largest absolute Gasteiger partial charge is 0.462 e. The van der Waals surface area contributed by atoms with Gasteiger partial charge in [0, 0.05) is 19.3 Å². The summed E-state index contributed by atoms with van der Waals surface area (Å²) in [5.74, 6) is -0.948. The molecular formula is C57H98O6. The summed E-state index contributed by atoms with van der Waals surface area (Å²) < 4.78 is 16.8. The van der Waals surface area contributed by atoms with Crippen molar-refractivity contribution in [3.8, 4) is 0 Å². The molecule has 0 unspecified atom stereocenters. The van der Waals surface area contributed by atoms with Crippen LogP contribution in [0.15, 0.2) is 72.9 Å². The van der Waals surface area contributed by atoms with E-state index in [4.69, 9.17) is 14.2 Å². The van der Waals surface area contributed by atoms with Gasteiger partial charge in [0.2, 0.25) is 0 Å². The van der Waals surface area contributed by atoms with Gasteiger partial charge in [0.1, 0.15) is 13.2 Å². The molecule has 1 atom stereocenters. The quantitative estimate of drug-likeness (QED) is 0.0262. The van der Waals surface area contributed by atoms with E-state index in [0.717, 1.165) is 89.9 Å². The lowest BCUT2D eigenvalue weighted by molar-refractivity contribution is -0.167. The highest BCUT2D eigenvalue weighted by Gasteiger charge is 2.19. The molecule has 0 heterocycles. The molecule has 63 heavy (non-hydrogen) atoms. The van der Waals surface area contributed by atoms with Crippen LogP contribution < -0.4 is 0 Å². The molecule has 0 aliphatic carbocycles. The number of hydrogen-bond donors (Lipinski definition) is 0. The summed E-state index contributed by atoms with van der Waals surface area (Å²) >= 11 is 0. The normalized spacial score (nSPS) is 12.6. The van der Waals surface area contributed by atoms with Gasteiger partial charge in [-0.3, -0.25) is 14.4 Å². The molecule has 0 aliphatic heterocycles. The number of carbonyl (C=O) groups is 3. The summed E-state index contributed by atoms with van der Waals surface area (Å²) in [5.41, 5.74) is 0. The fourth-order valence-corrected chi connectivity index (χ4v) is 7.17. The van der Waals surface area contributed by atoms with Crippen LogP contribution >= 0.6 is 0 Å². The van der Waals surface area contributed by atoms with Gasteiger partial charge in [0.05, 0.1) is 0 Å². The van der Waals surface area contributed by atoms with Crippen molar-refractivity contribution < 1.29 is 28.6 Å². The number of ether oxygens (including phenoxy) is 3. The molecule has 0 N–H and O–H groups in total. The predicted octanol–water partition coefficient (Wildman–Crippen LogP) is 17.4. The van der Waals surface area contributed by atoms with Crippen molar-refractivity contribution >= 4 is 17.9 Å². The zero-order valence-corrected chi connectivity index (χ0v) is 41.3. The molecule has 0 aromatic rings. The molecule has 0 aliphatic rings. The summed E-state index contributed by atoms with van der Waals surface area (Å²) in [6.45, 7) is 6.44. The van der Waals surface area contributed by atoms with Gasteiger partial charge in [-0.2, -0.15) is 0 Å². The molecule has 0 saturated heterocycles. The molecule has 0 radical (unpaired) electrons. The van der Waals surface area contributed by atoms with Crippen LogP contribution in [0.1, 0.15) is 252 Å². The lowest BCUT2D eigenvalue weighted by Gasteiger charge is -2.18. The van der Waals surface area contributed by atoms with E-state index in [9.17, 15) is 14.4 Å². The second kappa shape index (κ2) is 51.5. The number of carbonyl (C=O) groups excluding carboxylic acids is 3. The van der Waals surface area contributed by atoms with Crippen LogP contribution in [-0.4, -0.2) is 37.2 Å². The highest BCUT2D eigenvalue weighted by Crippen LogP contribution is 2.14. The van der Waals surface area contributed by atoms with Crippen LogP contribution in [0.2, 0.25) is 0 Å². The Hall–Kier alpha value is -3.15. The van der Waals surface area contributed by atoms with Crippen molar-refractivity contribution in [2.75, 3.05) is 13.2 Å². The van der Waals surface area contributed by atoms with E-state index in [1.54, 1.807) is 0 Å². The van der Waals surface area contributed by atoms with Gasteiger partial charge in [-0.15, -0.1) is 0 Å². The summed E-state index contributed by atoms with van der Waals surface area (Å²) in [6.07, 6.45) is 64.6. The molecule has 0 aromatic carbocycles. The summed E-state index contributed by atoms with van der Waals surface area (Å²) in [7, 11) is 0. The molecular weight excluding hydrogens is 781 g/mol. The molecule has 6 heteroatoms. The first-order chi connectivity index (χ1) is 31.0. The lowest BCUT2D eigenvalue weighted by atomic mass is 10.1. The van der Waals surface area contributed by atoms with Gasteiger partial charge < -0.3 is 14.2 Å². The van der Waals surface area contributed by atoms with E-state index in [-0.39, 0.29) is 37.5 Å². The van der Waals surface area contributed by atoms with Gasteiger partial charge >= 0.3 is 17.9 Å². The number of hydrogen-bond acceptors (Lipinski definition) is 6. The molecule has 0 rings (SSSR count). The number of rotatable bonds is 47. The van der Waals surface area contributed by atoms with Crippen LogP contribution in [0.25, 0.3) is 0 Å². The first-order valence-corrected chi connectivity index (χ1v) is 26.4. The molecule has 0 fully saturated rings. The fourth-order valence-electron chi connectivity index (χ4n) is 7.17. The topological polar surface area (TPSA) is 78.9 Å². The Kier molecular flexibility index (Phi) is 48.9. The van der Waals surface area contributed by atoms with Crippen molar-refractivity contribution in [3.05, 3.63) is 72.9 Å². The maximum Gasteiger partial charge on any atom is 0.306 e. The van der Waals surface area contributed by atoms with E-state index >= 15 is 0 Å². The highest BCUT2D eigenvalue weighted by molar-refractivity contribution is 5.71. The Morgan fingerprint density at radius 2 is 0.635 bits per heavy atom. The van der Waals surface area contributed by atoms with Gasteiger partial charge in [0.25, 0.3) is 0 Å². The maximum atomic E-state index is 12.8. The predicted molar refractivity (Wildman–Crippen MR) is 270 cm³/mol. The van der Waals surface area contributed by atoms with Gasteiger partial charge in [0.15, 0.2) is 6.10 Å². The van der Waals surface area contributed by atoms with Gasteiger partial charge in [-0.25, -0.2) is 0 Å². The Morgan fingerprint density at radius 3 is 1.06 bits per heavy atom. The molecule has 0 amide bonds. The number of esters is 3. The summed E-state index contributed by atoms with van der Waals surface area (Å²) in [5, 5.41) is 0. The lowest BCUT2D eigenvalue weighted by Crippen LogP contribution is -2.30. The number of unbranched alkanes of at least 4 members (excludes halogenated alkanes) is 24. The van der Waals surface area contributed by atoms with Gasteiger partial charge in [-0.05, 0) is 103 Å². The zero-order chi connectivity index (χ0) is 45.8. The smallest absolute Gasteiger partial charge is 0.306 e. The van der Waals surface area contributed by atoms with E-state index in [0.29, 0.717) is 19.3 Å². The fraction of sp³-hybridized carbons (Fsp3) is 0.737. The number of allylic oxidation sites excluding steroid dienone is 12. The minimum absolute atomic E-state index is 0.0956. The van der Waals surface area contributed by atoms with Crippen LogP contribution in [0.3, 0.4) is 0 Å². The average molecular weight is 879 g/mol. The standard InChI is InChI=1S/C57H98O6/c1-4-7-10-13-16-19-22-24-26-27-28-29-31-32-35-38-41-44-47-50-56(59)62-53-54(52-61-55(58)49-46-43-40-37-34-21-18-15-12-9-6-3)63-57(60)51-48-45-42-39-36-33-30-25-23-20-17-14-11-8-5-2/h8,11,15,17-18,20,24-26,30,36,39,54H,4-7,9-10,12-14,16,19,21-23,27-29,31-35,37-38,40-53H2,1-3H3/b11-8-,18-15-,20-17-,26-24-,30-25-,39-36-/t54-/m0/s1. The van der Waals surface area contributed by atoms with Crippen LogP contribution in [0.4, 0.5) is 0 Å². The maximum absolute atomic E-state index is 12.8. The Bertz CT molecular complexity index is 1190. The van der Waals surface area contributed by atoms with Crippen LogP contribution in [0.5, 0.6) is 0 Å². The summed E-state index contributed by atoms with van der Waals surface area (Å²) in [6, 6.07) is 0. The minimum Gasteiger partial charge on any atom is -0.462 e. The van der Waals surface area contributed by atoms with Crippen LogP contribution in [0, 0.1) is 0 Å².